The maximum atomic E-state index is 11.7. The fraction of sp³-hybridized carbons (Fsp3) is 0.750. The van der Waals surface area contributed by atoms with Crippen LogP contribution in [0.3, 0.4) is 0 Å². The van der Waals surface area contributed by atoms with Crippen LogP contribution in [0.25, 0.3) is 0 Å². The minimum atomic E-state index is -1.51. The summed E-state index contributed by atoms with van der Waals surface area (Å²) in [5, 5.41) is 53.9. The second kappa shape index (κ2) is 20.5. The van der Waals surface area contributed by atoms with Gasteiger partial charge in [0.1, 0.15) is 0 Å². The summed E-state index contributed by atoms with van der Waals surface area (Å²) in [4.78, 5) is 61.8. The number of carboxylic acid groups (broad SMARTS) is 5. The smallest absolute Gasteiger partial charge is 0.317 e. The summed E-state index contributed by atoms with van der Waals surface area (Å²) in [6, 6.07) is -1.31. The van der Waals surface area contributed by atoms with Gasteiger partial charge in [0, 0.05) is 117 Å². The maximum absolute atomic E-state index is 11.7. The molecule has 1 saturated heterocycles. The van der Waals surface area contributed by atoms with E-state index in [0.29, 0.717) is 0 Å². The van der Waals surface area contributed by atoms with E-state index < -0.39 is 55.4 Å². The average Bonchev–Trinajstić information content (AvgIpc) is 2.67. The molecular formula is C20H34GdN4O11-4. The molecule has 1 aliphatic heterocycles. The molecule has 0 bridgehead atoms. The van der Waals surface area contributed by atoms with Crippen LogP contribution in [-0.4, -0.2) is 138 Å². The van der Waals surface area contributed by atoms with Crippen LogP contribution in [-0.2, 0) is 24.0 Å². The van der Waals surface area contributed by atoms with E-state index in [1.807, 2.05) is 0 Å². The Balaban J connectivity index is -0.00000363. The molecule has 0 radical (unpaired) electrons. The molecule has 3 N–H and O–H groups in total. The zero-order chi connectivity index (χ0) is 25.0. The van der Waals surface area contributed by atoms with Gasteiger partial charge in [-0.3, -0.25) is 24.4 Å². The number of aliphatic carboxylic acids is 5. The SMILES string of the molecule is C.O.O=C([O-])CCC(C(=O)[O-])N1CCN(CC(=O)[O-])CCN(CC(=O)[O-])CCN(CC(=O)O)CC1.[Gd]. The fourth-order valence-electron chi connectivity index (χ4n) is 3.60. The van der Waals surface area contributed by atoms with Crippen LogP contribution in [0.5, 0.6) is 0 Å². The average molecular weight is 664 g/mol. The Morgan fingerprint density at radius 3 is 1.33 bits per heavy atom. The van der Waals surface area contributed by atoms with Crippen LogP contribution in [0.4, 0.5) is 0 Å². The van der Waals surface area contributed by atoms with Crippen molar-refractivity contribution in [3.8, 4) is 0 Å². The quantitative estimate of drug-likeness (QED) is 0.216. The molecule has 1 fully saturated rings. The molecule has 0 aromatic heterocycles. The maximum Gasteiger partial charge on any atom is 0.317 e. The molecule has 1 rings (SSSR count). The Morgan fingerprint density at radius 1 is 0.667 bits per heavy atom. The largest absolute Gasteiger partial charge is 0.550 e. The molecule has 0 aliphatic carbocycles. The van der Waals surface area contributed by atoms with Crippen molar-refractivity contribution < 1.29 is 94.9 Å². The summed E-state index contributed by atoms with van der Waals surface area (Å²) in [6.07, 6.45) is -0.835. The second-order valence-electron chi connectivity index (χ2n) is 7.75. The Kier molecular flexibility index (Phi) is 22.2. The normalized spacial score (nSPS) is 17.6. The number of carbonyl (C=O) groups excluding carboxylic acids is 4. The molecule has 1 atom stereocenters. The van der Waals surface area contributed by atoms with E-state index in [0.717, 1.165) is 0 Å². The van der Waals surface area contributed by atoms with Crippen LogP contribution in [0.2, 0.25) is 0 Å². The van der Waals surface area contributed by atoms with Crippen molar-refractivity contribution in [1.29, 1.82) is 0 Å². The third-order valence-electron chi connectivity index (χ3n) is 5.27. The van der Waals surface area contributed by atoms with Gasteiger partial charge in [-0.25, -0.2) is 0 Å². The first-order valence-electron chi connectivity index (χ1n) is 10.4. The standard InChI is InChI=1S/C19H32N4O10.CH4.Gd.H2O/c24-15(25)2-1-14(19(32)33)23-9-7-21(12-17(28)29)5-3-20(11-16(26)27)4-6-22(8-10-23)13-18(30)31;;;/h14H,1-13H2,(H,24,25)(H,26,27)(H,28,29)(H,30,31)(H,32,33);1H4;;1H2/p-4. The van der Waals surface area contributed by atoms with Gasteiger partial charge in [0.15, 0.2) is 0 Å². The van der Waals surface area contributed by atoms with Gasteiger partial charge in [0.05, 0.1) is 24.5 Å². The topological polar surface area (TPSA) is 242 Å². The number of carbonyl (C=O) groups is 5. The Labute approximate surface area is 241 Å². The summed E-state index contributed by atoms with van der Waals surface area (Å²) in [6.45, 7) is -0.562. The van der Waals surface area contributed by atoms with E-state index in [1.54, 1.807) is 0 Å². The van der Waals surface area contributed by atoms with Gasteiger partial charge in [-0.05, 0) is 12.8 Å². The van der Waals surface area contributed by atoms with E-state index in [1.165, 1.54) is 19.6 Å². The molecule has 15 nitrogen and oxygen atoms in total. The van der Waals surface area contributed by atoms with Crippen LogP contribution in [0.15, 0.2) is 0 Å². The van der Waals surface area contributed by atoms with Crippen LogP contribution < -0.4 is 20.4 Å². The Hall–Kier alpha value is -1.53. The van der Waals surface area contributed by atoms with E-state index in [4.69, 9.17) is 0 Å². The first-order valence-corrected chi connectivity index (χ1v) is 10.4. The van der Waals surface area contributed by atoms with Gasteiger partial charge in [-0.15, -0.1) is 0 Å². The van der Waals surface area contributed by atoms with Crippen molar-refractivity contribution in [2.24, 2.45) is 0 Å². The van der Waals surface area contributed by atoms with Gasteiger partial charge in [0.2, 0.25) is 0 Å². The molecular weight excluding hydrogens is 629 g/mol. The fourth-order valence-corrected chi connectivity index (χ4v) is 3.60. The molecule has 0 saturated carbocycles. The number of carboxylic acids is 5. The van der Waals surface area contributed by atoms with Gasteiger partial charge in [0.25, 0.3) is 0 Å². The molecule has 16 heteroatoms. The van der Waals surface area contributed by atoms with Crippen molar-refractivity contribution in [2.45, 2.75) is 26.3 Å². The van der Waals surface area contributed by atoms with Crippen molar-refractivity contribution in [1.82, 2.24) is 19.6 Å². The number of nitrogens with zero attached hydrogens (tertiary/aromatic N) is 4. The summed E-state index contributed by atoms with van der Waals surface area (Å²) >= 11 is 0. The van der Waals surface area contributed by atoms with E-state index >= 15 is 0 Å². The summed E-state index contributed by atoms with van der Waals surface area (Å²) < 4.78 is 0. The Morgan fingerprint density at radius 2 is 1.03 bits per heavy atom. The van der Waals surface area contributed by atoms with Crippen molar-refractivity contribution >= 4 is 29.8 Å². The van der Waals surface area contributed by atoms with Crippen molar-refractivity contribution in [3.63, 3.8) is 0 Å². The van der Waals surface area contributed by atoms with Gasteiger partial charge >= 0.3 is 5.97 Å². The van der Waals surface area contributed by atoms with Gasteiger partial charge in [-0.2, -0.15) is 0 Å². The van der Waals surface area contributed by atoms with Crippen LogP contribution in [0, 0.1) is 39.9 Å². The molecule has 1 unspecified atom stereocenters. The minimum Gasteiger partial charge on any atom is -0.550 e. The number of hydrogen-bond acceptors (Lipinski definition) is 13. The first-order chi connectivity index (χ1) is 15.5. The molecule has 1 heterocycles. The predicted octanol–water partition coefficient (Wildman–Crippen LogP) is -7.75. The second-order valence-corrected chi connectivity index (χ2v) is 7.75. The number of hydrogen-bond donors (Lipinski definition) is 1. The molecule has 0 aromatic rings. The molecule has 212 valence electrons. The van der Waals surface area contributed by atoms with Crippen molar-refractivity contribution in [2.75, 3.05) is 72.0 Å². The third-order valence-corrected chi connectivity index (χ3v) is 5.27. The Bertz CT molecular complexity index is 681. The van der Waals surface area contributed by atoms with Gasteiger partial charge < -0.3 is 50.2 Å². The molecule has 0 amide bonds. The zero-order valence-electron chi connectivity index (χ0n) is 19.0. The summed E-state index contributed by atoms with van der Waals surface area (Å²) in [7, 11) is 0. The molecule has 0 spiro atoms. The monoisotopic (exact) mass is 664 g/mol. The molecule has 1 aliphatic rings. The van der Waals surface area contributed by atoms with E-state index in [-0.39, 0.29) is 118 Å². The molecule has 0 aromatic carbocycles. The van der Waals surface area contributed by atoms with Crippen LogP contribution >= 0.6 is 0 Å². The van der Waals surface area contributed by atoms with Crippen molar-refractivity contribution in [3.05, 3.63) is 0 Å². The summed E-state index contributed by atoms with van der Waals surface area (Å²) in [5.41, 5.74) is 0. The van der Waals surface area contributed by atoms with E-state index in [2.05, 4.69) is 0 Å². The zero-order valence-corrected chi connectivity index (χ0v) is 21.3. The minimum absolute atomic E-state index is 0. The summed E-state index contributed by atoms with van der Waals surface area (Å²) in [5.74, 6) is -6.79. The van der Waals surface area contributed by atoms with E-state index in [9.17, 15) is 49.5 Å². The third kappa shape index (κ3) is 17.0. The number of rotatable bonds is 11. The first kappa shape index (κ1) is 39.0. The predicted molar refractivity (Wildman–Crippen MR) is 112 cm³/mol. The van der Waals surface area contributed by atoms with Gasteiger partial charge in [-0.1, -0.05) is 7.43 Å². The molecule has 36 heavy (non-hydrogen) atoms. The van der Waals surface area contributed by atoms with Crippen LogP contribution in [0.1, 0.15) is 20.3 Å².